The number of imide groups is 1. The van der Waals surface area contributed by atoms with Crippen molar-refractivity contribution in [2.24, 2.45) is 5.73 Å². The van der Waals surface area contributed by atoms with Gasteiger partial charge in [-0.25, -0.2) is 4.79 Å². The van der Waals surface area contributed by atoms with Crippen molar-refractivity contribution in [3.05, 3.63) is 71.8 Å². The van der Waals surface area contributed by atoms with Crippen LogP contribution < -0.4 is 11.1 Å². The molecule has 20 heavy (non-hydrogen) atoms. The molecule has 3 amide bonds. The maximum Gasteiger partial charge on any atom is 0.318 e. The molecule has 3 N–H and O–H groups in total. The van der Waals surface area contributed by atoms with E-state index in [1.54, 1.807) is 0 Å². The average molecular weight is 268 g/mol. The molecular weight excluding hydrogens is 252 g/mol. The van der Waals surface area contributed by atoms with Gasteiger partial charge in [0.1, 0.15) is 0 Å². The summed E-state index contributed by atoms with van der Waals surface area (Å²) in [6, 6.07) is 18.2. The Morgan fingerprint density at radius 3 is 2.05 bits per heavy atom. The largest absolute Gasteiger partial charge is 0.351 e. The summed E-state index contributed by atoms with van der Waals surface area (Å²) in [5.74, 6) is -0.821. The van der Waals surface area contributed by atoms with E-state index < -0.39 is 11.9 Å². The topological polar surface area (TPSA) is 72.2 Å². The Kier molecular flexibility index (Phi) is 4.50. The van der Waals surface area contributed by atoms with E-state index in [0.717, 1.165) is 11.1 Å². The van der Waals surface area contributed by atoms with Gasteiger partial charge in [-0.2, -0.15) is 0 Å². The lowest BCUT2D eigenvalue weighted by Gasteiger charge is -2.16. The van der Waals surface area contributed by atoms with Crippen molar-refractivity contribution in [1.82, 2.24) is 5.32 Å². The van der Waals surface area contributed by atoms with Gasteiger partial charge in [-0.05, 0) is 17.5 Å². The van der Waals surface area contributed by atoms with E-state index in [1.807, 2.05) is 60.7 Å². The van der Waals surface area contributed by atoms with Crippen LogP contribution in [0.3, 0.4) is 0 Å². The molecule has 0 saturated carbocycles. The van der Waals surface area contributed by atoms with Crippen molar-refractivity contribution < 1.29 is 9.59 Å². The van der Waals surface area contributed by atoms with Crippen molar-refractivity contribution in [2.75, 3.05) is 0 Å². The SMILES string of the molecule is NC(=O)NC(=O)[C@@H](Cc1ccccc1)c1ccccc1. The zero-order valence-electron chi connectivity index (χ0n) is 11.0. The Bertz CT molecular complexity index is 582. The predicted octanol–water partition coefficient (Wildman–Crippen LogP) is 2.21. The number of hydrogen-bond acceptors (Lipinski definition) is 2. The molecule has 0 saturated heterocycles. The molecule has 0 unspecified atom stereocenters. The van der Waals surface area contributed by atoms with Gasteiger partial charge in [-0.15, -0.1) is 0 Å². The lowest BCUT2D eigenvalue weighted by Crippen LogP contribution is -2.38. The predicted molar refractivity (Wildman–Crippen MR) is 77.1 cm³/mol. The number of amides is 3. The van der Waals surface area contributed by atoms with Gasteiger partial charge in [-0.1, -0.05) is 60.7 Å². The smallest absolute Gasteiger partial charge is 0.318 e. The van der Waals surface area contributed by atoms with Crippen molar-refractivity contribution in [3.63, 3.8) is 0 Å². The van der Waals surface area contributed by atoms with Crippen LogP contribution in [0.15, 0.2) is 60.7 Å². The summed E-state index contributed by atoms with van der Waals surface area (Å²) in [5.41, 5.74) is 6.92. The highest BCUT2D eigenvalue weighted by Crippen LogP contribution is 2.21. The molecule has 0 aromatic heterocycles. The van der Waals surface area contributed by atoms with Crippen LogP contribution in [-0.4, -0.2) is 11.9 Å². The quantitative estimate of drug-likeness (QED) is 0.892. The summed E-state index contributed by atoms with van der Waals surface area (Å²) in [7, 11) is 0. The first-order valence-electron chi connectivity index (χ1n) is 6.36. The van der Waals surface area contributed by atoms with Crippen molar-refractivity contribution in [1.29, 1.82) is 0 Å². The van der Waals surface area contributed by atoms with Gasteiger partial charge in [0.2, 0.25) is 5.91 Å². The van der Waals surface area contributed by atoms with E-state index in [1.165, 1.54) is 0 Å². The molecule has 0 bridgehead atoms. The minimum Gasteiger partial charge on any atom is -0.351 e. The number of nitrogens with two attached hydrogens (primary N) is 1. The summed E-state index contributed by atoms with van der Waals surface area (Å²) in [4.78, 5) is 23.0. The number of carbonyl (C=O) groups is 2. The van der Waals surface area contributed by atoms with E-state index in [4.69, 9.17) is 5.73 Å². The first-order chi connectivity index (χ1) is 9.66. The second kappa shape index (κ2) is 6.52. The van der Waals surface area contributed by atoms with Crippen LogP contribution >= 0.6 is 0 Å². The second-order valence-electron chi connectivity index (χ2n) is 4.51. The number of benzene rings is 2. The zero-order chi connectivity index (χ0) is 14.4. The lowest BCUT2D eigenvalue weighted by molar-refractivity contribution is -0.121. The normalized spacial score (nSPS) is 11.6. The van der Waals surface area contributed by atoms with Crippen LogP contribution in [0.25, 0.3) is 0 Å². The number of urea groups is 1. The molecule has 102 valence electrons. The van der Waals surface area contributed by atoms with E-state index >= 15 is 0 Å². The van der Waals surface area contributed by atoms with Crippen molar-refractivity contribution >= 4 is 11.9 Å². The highest BCUT2D eigenvalue weighted by atomic mass is 16.2. The Morgan fingerprint density at radius 2 is 1.50 bits per heavy atom. The Labute approximate surface area is 117 Å². The summed E-state index contributed by atoms with van der Waals surface area (Å²) in [6.07, 6.45) is 0.518. The molecule has 0 aliphatic rings. The molecule has 1 atom stereocenters. The molecular formula is C16H16N2O2. The van der Waals surface area contributed by atoms with Crippen LogP contribution in [0.2, 0.25) is 0 Å². The molecule has 2 aromatic rings. The molecule has 2 aromatic carbocycles. The van der Waals surface area contributed by atoms with Gasteiger partial charge < -0.3 is 5.73 Å². The van der Waals surface area contributed by atoms with E-state index in [0.29, 0.717) is 6.42 Å². The highest BCUT2D eigenvalue weighted by molar-refractivity contribution is 5.97. The van der Waals surface area contributed by atoms with Crippen LogP contribution in [0.4, 0.5) is 4.79 Å². The monoisotopic (exact) mass is 268 g/mol. The molecule has 0 radical (unpaired) electrons. The lowest BCUT2D eigenvalue weighted by atomic mass is 9.91. The van der Waals surface area contributed by atoms with E-state index in [2.05, 4.69) is 5.32 Å². The van der Waals surface area contributed by atoms with Crippen molar-refractivity contribution in [3.8, 4) is 0 Å². The average Bonchev–Trinajstić information content (AvgIpc) is 2.46. The molecule has 0 aliphatic heterocycles. The number of nitrogens with one attached hydrogen (secondary N) is 1. The van der Waals surface area contributed by atoms with Gasteiger partial charge in [0.25, 0.3) is 0 Å². The van der Waals surface area contributed by atoms with Crippen LogP contribution in [0, 0.1) is 0 Å². The van der Waals surface area contributed by atoms with E-state index in [-0.39, 0.29) is 5.91 Å². The fourth-order valence-electron chi connectivity index (χ4n) is 2.11. The number of carbonyl (C=O) groups excluding carboxylic acids is 2. The highest BCUT2D eigenvalue weighted by Gasteiger charge is 2.21. The minimum atomic E-state index is -0.830. The van der Waals surface area contributed by atoms with Gasteiger partial charge in [0.05, 0.1) is 5.92 Å². The molecule has 0 heterocycles. The van der Waals surface area contributed by atoms with Gasteiger partial charge in [0.15, 0.2) is 0 Å². The fourth-order valence-corrected chi connectivity index (χ4v) is 2.11. The third-order valence-electron chi connectivity index (χ3n) is 3.05. The van der Waals surface area contributed by atoms with Gasteiger partial charge >= 0.3 is 6.03 Å². The molecule has 4 heteroatoms. The van der Waals surface area contributed by atoms with Gasteiger partial charge in [-0.3, -0.25) is 10.1 Å². The Balaban J connectivity index is 2.25. The molecule has 2 rings (SSSR count). The van der Waals surface area contributed by atoms with Crippen molar-refractivity contribution in [2.45, 2.75) is 12.3 Å². The van der Waals surface area contributed by atoms with Gasteiger partial charge in [0, 0.05) is 0 Å². The molecule has 4 nitrogen and oxygen atoms in total. The van der Waals surface area contributed by atoms with Crippen LogP contribution in [-0.2, 0) is 11.2 Å². The first-order valence-corrected chi connectivity index (χ1v) is 6.36. The van der Waals surface area contributed by atoms with Crippen LogP contribution in [0.1, 0.15) is 17.0 Å². The molecule has 0 spiro atoms. The van der Waals surface area contributed by atoms with Crippen LogP contribution in [0.5, 0.6) is 0 Å². The Morgan fingerprint density at radius 1 is 0.950 bits per heavy atom. The number of rotatable bonds is 4. The third-order valence-corrected chi connectivity index (χ3v) is 3.05. The summed E-state index contributed by atoms with van der Waals surface area (Å²) in [5, 5.41) is 2.16. The van der Waals surface area contributed by atoms with E-state index in [9.17, 15) is 9.59 Å². The maximum absolute atomic E-state index is 12.1. The Hall–Kier alpha value is -2.62. The minimum absolute atomic E-state index is 0.382. The standard InChI is InChI=1S/C16H16N2O2/c17-16(20)18-15(19)14(13-9-5-2-6-10-13)11-12-7-3-1-4-8-12/h1-10,14H,11H2,(H3,17,18,19,20)/t14-/m0/s1. The third kappa shape index (κ3) is 3.68. The second-order valence-corrected chi connectivity index (χ2v) is 4.51. The summed E-state index contributed by atoms with van der Waals surface area (Å²) >= 11 is 0. The number of hydrogen-bond donors (Lipinski definition) is 2. The number of primary amides is 1. The summed E-state index contributed by atoms with van der Waals surface area (Å²) in [6.45, 7) is 0. The zero-order valence-corrected chi connectivity index (χ0v) is 11.0. The first kappa shape index (κ1) is 13.8. The maximum atomic E-state index is 12.1. The molecule has 0 aliphatic carbocycles. The summed E-state index contributed by atoms with van der Waals surface area (Å²) < 4.78 is 0. The molecule has 0 fully saturated rings. The fraction of sp³-hybridized carbons (Fsp3) is 0.125.